The maximum atomic E-state index is 12.2. The Hall–Kier alpha value is -0.430. The van der Waals surface area contributed by atoms with Gasteiger partial charge in [-0.1, -0.05) is 26.7 Å². The van der Waals surface area contributed by atoms with Crippen LogP contribution >= 0.6 is 11.3 Å². The number of thiophene rings is 1. The predicted octanol–water partition coefficient (Wildman–Crippen LogP) is 2.74. The highest BCUT2D eigenvalue weighted by molar-refractivity contribution is 7.91. The van der Waals surface area contributed by atoms with Gasteiger partial charge < -0.3 is 5.73 Å². The normalized spacial score (nSPS) is 13.8. The highest BCUT2D eigenvalue weighted by Crippen LogP contribution is 2.22. The molecule has 0 aliphatic rings. The van der Waals surface area contributed by atoms with Crippen LogP contribution in [0, 0.1) is 5.92 Å². The van der Waals surface area contributed by atoms with E-state index < -0.39 is 10.0 Å². The molecule has 0 radical (unpaired) electrons. The fourth-order valence-electron chi connectivity index (χ4n) is 1.99. The van der Waals surface area contributed by atoms with Gasteiger partial charge in [0.2, 0.25) is 10.0 Å². The minimum Gasteiger partial charge on any atom is -0.330 e. The summed E-state index contributed by atoms with van der Waals surface area (Å²) < 4.78 is 27.6. The Morgan fingerprint density at radius 3 is 2.55 bits per heavy atom. The molecule has 4 nitrogen and oxygen atoms in total. The number of hydrogen-bond acceptors (Lipinski definition) is 4. The first-order valence-electron chi connectivity index (χ1n) is 7.16. The van der Waals surface area contributed by atoms with Crippen molar-refractivity contribution in [3.63, 3.8) is 0 Å². The smallest absolute Gasteiger partial charge is 0.250 e. The number of nitrogens with one attached hydrogen (secondary N) is 1. The number of rotatable bonds is 9. The standard InChI is InChI=1S/C14H26N2O2S2/c1-11(2)5-4-6-12(3)16-20(17,18)14-8-7-13(19-14)9-10-15/h7-8,11-12,16H,4-6,9-10,15H2,1-3H3. The van der Waals surface area contributed by atoms with Crippen molar-refractivity contribution in [3.8, 4) is 0 Å². The Balaban J connectivity index is 2.55. The molecule has 0 saturated carbocycles. The van der Waals surface area contributed by atoms with Gasteiger partial charge in [-0.05, 0) is 44.4 Å². The van der Waals surface area contributed by atoms with Crippen molar-refractivity contribution < 1.29 is 8.42 Å². The monoisotopic (exact) mass is 318 g/mol. The van der Waals surface area contributed by atoms with Crippen LogP contribution in [0.15, 0.2) is 16.3 Å². The quantitative estimate of drug-likeness (QED) is 0.735. The maximum Gasteiger partial charge on any atom is 0.250 e. The van der Waals surface area contributed by atoms with E-state index in [9.17, 15) is 8.42 Å². The molecular weight excluding hydrogens is 292 g/mol. The van der Waals surface area contributed by atoms with Crippen molar-refractivity contribution in [2.45, 2.75) is 56.7 Å². The van der Waals surface area contributed by atoms with Crippen LogP contribution in [0.3, 0.4) is 0 Å². The molecule has 1 rings (SSSR count). The number of sulfonamides is 1. The Kier molecular flexibility index (Phi) is 7.15. The molecule has 0 aliphatic heterocycles. The van der Waals surface area contributed by atoms with E-state index in [1.807, 2.05) is 13.0 Å². The summed E-state index contributed by atoms with van der Waals surface area (Å²) in [4.78, 5) is 1.01. The predicted molar refractivity (Wildman–Crippen MR) is 85.5 cm³/mol. The van der Waals surface area contributed by atoms with Gasteiger partial charge in [-0.3, -0.25) is 0 Å². The summed E-state index contributed by atoms with van der Waals surface area (Å²) in [5.74, 6) is 0.662. The van der Waals surface area contributed by atoms with Crippen molar-refractivity contribution >= 4 is 21.4 Å². The van der Waals surface area contributed by atoms with Gasteiger partial charge in [0.25, 0.3) is 0 Å². The van der Waals surface area contributed by atoms with Gasteiger partial charge in [-0.25, -0.2) is 13.1 Å². The zero-order chi connectivity index (χ0) is 15.2. The fraction of sp³-hybridized carbons (Fsp3) is 0.714. The molecule has 3 N–H and O–H groups in total. The fourth-order valence-corrected chi connectivity index (χ4v) is 4.66. The van der Waals surface area contributed by atoms with Crippen LogP contribution < -0.4 is 10.5 Å². The zero-order valence-corrected chi connectivity index (χ0v) is 14.2. The summed E-state index contributed by atoms with van der Waals surface area (Å²) in [5, 5.41) is 0. The van der Waals surface area contributed by atoms with E-state index in [0.29, 0.717) is 16.7 Å². The van der Waals surface area contributed by atoms with E-state index in [-0.39, 0.29) is 6.04 Å². The van der Waals surface area contributed by atoms with E-state index in [1.54, 1.807) is 6.07 Å². The molecule has 0 aromatic carbocycles. The average Bonchev–Trinajstić information content (AvgIpc) is 2.77. The lowest BCUT2D eigenvalue weighted by Crippen LogP contribution is -2.32. The molecule has 1 atom stereocenters. The SMILES string of the molecule is CC(C)CCCC(C)NS(=O)(=O)c1ccc(CCN)s1. The molecule has 20 heavy (non-hydrogen) atoms. The summed E-state index contributed by atoms with van der Waals surface area (Å²) in [6.07, 6.45) is 3.78. The van der Waals surface area contributed by atoms with E-state index in [0.717, 1.165) is 30.6 Å². The Morgan fingerprint density at radius 2 is 1.95 bits per heavy atom. The lowest BCUT2D eigenvalue weighted by molar-refractivity contribution is 0.489. The summed E-state index contributed by atoms with van der Waals surface area (Å²) in [7, 11) is -3.38. The van der Waals surface area contributed by atoms with Crippen LogP contribution in [-0.4, -0.2) is 21.0 Å². The molecular formula is C14H26N2O2S2. The van der Waals surface area contributed by atoms with E-state index in [1.165, 1.54) is 11.3 Å². The van der Waals surface area contributed by atoms with Crippen molar-refractivity contribution in [3.05, 3.63) is 17.0 Å². The first-order valence-corrected chi connectivity index (χ1v) is 9.46. The van der Waals surface area contributed by atoms with Crippen LogP contribution in [0.4, 0.5) is 0 Å². The minimum atomic E-state index is -3.38. The zero-order valence-electron chi connectivity index (χ0n) is 12.6. The summed E-state index contributed by atoms with van der Waals surface area (Å²) in [6, 6.07) is 3.48. The van der Waals surface area contributed by atoms with E-state index >= 15 is 0 Å². The molecule has 6 heteroatoms. The van der Waals surface area contributed by atoms with Crippen LogP contribution in [-0.2, 0) is 16.4 Å². The molecule has 0 bridgehead atoms. The van der Waals surface area contributed by atoms with Crippen LogP contribution in [0.2, 0.25) is 0 Å². The highest BCUT2D eigenvalue weighted by Gasteiger charge is 2.19. The molecule has 0 amide bonds. The molecule has 1 heterocycles. The molecule has 0 aliphatic carbocycles. The molecule has 116 valence electrons. The van der Waals surface area contributed by atoms with E-state index in [2.05, 4.69) is 18.6 Å². The van der Waals surface area contributed by atoms with E-state index in [4.69, 9.17) is 5.73 Å². The first-order chi connectivity index (χ1) is 9.35. The lowest BCUT2D eigenvalue weighted by atomic mass is 10.0. The van der Waals surface area contributed by atoms with Crippen LogP contribution in [0.5, 0.6) is 0 Å². The number of hydrogen-bond donors (Lipinski definition) is 2. The molecule has 1 unspecified atom stereocenters. The van der Waals surface area contributed by atoms with Gasteiger partial charge in [-0.2, -0.15) is 0 Å². The Labute approximate surface area is 126 Å². The molecule has 1 aromatic heterocycles. The van der Waals surface area contributed by atoms with Gasteiger partial charge in [0.1, 0.15) is 4.21 Å². The Bertz CT molecular complexity index is 495. The third kappa shape index (κ3) is 5.91. The summed E-state index contributed by atoms with van der Waals surface area (Å²) in [6.45, 7) is 6.82. The third-order valence-electron chi connectivity index (χ3n) is 3.07. The topological polar surface area (TPSA) is 72.2 Å². The van der Waals surface area contributed by atoms with Gasteiger partial charge in [0, 0.05) is 10.9 Å². The lowest BCUT2D eigenvalue weighted by Gasteiger charge is -2.14. The second kappa shape index (κ2) is 8.12. The average molecular weight is 319 g/mol. The van der Waals surface area contributed by atoms with Crippen molar-refractivity contribution in [2.75, 3.05) is 6.54 Å². The summed E-state index contributed by atoms with van der Waals surface area (Å²) in [5.41, 5.74) is 5.48. The Morgan fingerprint density at radius 1 is 1.25 bits per heavy atom. The van der Waals surface area contributed by atoms with Gasteiger partial charge in [0.15, 0.2) is 0 Å². The van der Waals surface area contributed by atoms with Gasteiger partial charge in [0.05, 0.1) is 0 Å². The van der Waals surface area contributed by atoms with Gasteiger partial charge >= 0.3 is 0 Å². The second-order valence-corrected chi connectivity index (χ2v) is 8.72. The van der Waals surface area contributed by atoms with Gasteiger partial charge in [-0.15, -0.1) is 11.3 Å². The van der Waals surface area contributed by atoms with Crippen molar-refractivity contribution in [1.29, 1.82) is 0 Å². The summed E-state index contributed by atoms with van der Waals surface area (Å²) >= 11 is 1.30. The van der Waals surface area contributed by atoms with Crippen LogP contribution in [0.1, 0.15) is 44.9 Å². The number of nitrogens with two attached hydrogens (primary N) is 1. The van der Waals surface area contributed by atoms with Crippen LogP contribution in [0.25, 0.3) is 0 Å². The maximum absolute atomic E-state index is 12.2. The largest absolute Gasteiger partial charge is 0.330 e. The molecule has 0 saturated heterocycles. The molecule has 1 aromatic rings. The first kappa shape index (κ1) is 17.6. The second-order valence-electron chi connectivity index (χ2n) is 5.61. The van der Waals surface area contributed by atoms with Crippen molar-refractivity contribution in [1.82, 2.24) is 4.72 Å². The molecule has 0 spiro atoms. The van der Waals surface area contributed by atoms with Crippen molar-refractivity contribution in [2.24, 2.45) is 11.7 Å². The highest BCUT2D eigenvalue weighted by atomic mass is 32.2. The minimum absolute atomic E-state index is 0.0289. The third-order valence-corrected chi connectivity index (χ3v) is 6.29. The molecule has 0 fully saturated rings.